The van der Waals surface area contributed by atoms with Crippen molar-refractivity contribution in [3.05, 3.63) is 75.3 Å². The van der Waals surface area contributed by atoms with Crippen molar-refractivity contribution in [3.8, 4) is 23.0 Å². The van der Waals surface area contributed by atoms with E-state index < -0.39 is 0 Å². The Labute approximate surface area is 220 Å². The number of nitrogens with zero attached hydrogens (tertiary/aromatic N) is 1. The number of nitrogens with one attached hydrogen (secondary N) is 1. The Kier molecular flexibility index (Phi) is 8.01. The number of fused-ring (bicyclic) bond motifs is 1. The van der Waals surface area contributed by atoms with Gasteiger partial charge in [-0.3, -0.25) is 0 Å². The van der Waals surface area contributed by atoms with Gasteiger partial charge in [0.1, 0.15) is 0 Å². The van der Waals surface area contributed by atoms with Crippen LogP contribution in [-0.2, 0) is 12.8 Å². The van der Waals surface area contributed by atoms with Gasteiger partial charge in [0, 0.05) is 12.2 Å². The molecule has 7 nitrogen and oxygen atoms in total. The van der Waals surface area contributed by atoms with Crippen molar-refractivity contribution >= 4 is 34.9 Å². The summed E-state index contributed by atoms with van der Waals surface area (Å²) < 4.78 is 22.0. The van der Waals surface area contributed by atoms with E-state index >= 15 is 0 Å². The molecule has 3 aromatic rings. The van der Waals surface area contributed by atoms with E-state index in [0.29, 0.717) is 58.1 Å². The van der Waals surface area contributed by atoms with E-state index in [2.05, 4.69) is 5.32 Å². The first kappa shape index (κ1) is 25.8. The molecule has 1 aliphatic heterocycles. The van der Waals surface area contributed by atoms with Crippen molar-refractivity contribution in [2.75, 3.05) is 40.3 Å². The van der Waals surface area contributed by atoms with E-state index in [1.54, 1.807) is 46.6 Å². The standard InChI is InChI=1S/C27H28Cl2N2O5/c1-33-23-8-5-16(12-24(23)34-2)11-22-19-15-26(36-4)25(35-3)13-17(19)9-10-31(22)27(32)30-18-6-7-20(28)21(29)14-18/h5-8,12-15,22H,9-11H2,1-4H3,(H,30,32)/t22-/m1/s1. The SMILES string of the molecule is COc1ccc(C[C@@H]2c3cc(OC)c(OC)cc3CCN2C(=O)Nc2ccc(Cl)c(Cl)c2)cc1OC. The molecule has 0 bridgehead atoms. The highest BCUT2D eigenvalue weighted by Crippen LogP contribution is 2.40. The molecule has 0 fully saturated rings. The summed E-state index contributed by atoms with van der Waals surface area (Å²) in [6.07, 6.45) is 1.23. The molecule has 1 aliphatic rings. The highest BCUT2D eigenvalue weighted by Gasteiger charge is 2.33. The van der Waals surface area contributed by atoms with E-state index in [-0.39, 0.29) is 12.1 Å². The first-order chi connectivity index (χ1) is 17.4. The fourth-order valence-corrected chi connectivity index (χ4v) is 4.79. The topological polar surface area (TPSA) is 69.3 Å². The minimum absolute atomic E-state index is 0.237. The smallest absolute Gasteiger partial charge is 0.322 e. The first-order valence-electron chi connectivity index (χ1n) is 11.4. The summed E-state index contributed by atoms with van der Waals surface area (Å²) in [6, 6.07) is 14.2. The molecule has 1 heterocycles. The lowest BCUT2D eigenvalue weighted by atomic mass is 9.88. The van der Waals surface area contributed by atoms with E-state index in [0.717, 1.165) is 16.7 Å². The quantitative estimate of drug-likeness (QED) is 0.382. The molecule has 0 unspecified atom stereocenters. The molecule has 1 N–H and O–H groups in total. The molecule has 3 aromatic carbocycles. The monoisotopic (exact) mass is 530 g/mol. The summed E-state index contributed by atoms with van der Waals surface area (Å²) >= 11 is 12.2. The zero-order chi connectivity index (χ0) is 25.8. The number of halogens is 2. The van der Waals surface area contributed by atoms with Gasteiger partial charge in [0.2, 0.25) is 0 Å². The Morgan fingerprint density at radius 1 is 0.861 bits per heavy atom. The van der Waals surface area contributed by atoms with Crippen molar-refractivity contribution in [3.63, 3.8) is 0 Å². The predicted octanol–water partition coefficient (Wildman–Crippen LogP) is 6.40. The van der Waals surface area contributed by atoms with Crippen LogP contribution in [0.4, 0.5) is 10.5 Å². The van der Waals surface area contributed by atoms with Gasteiger partial charge >= 0.3 is 6.03 Å². The number of amides is 2. The third kappa shape index (κ3) is 5.27. The molecule has 36 heavy (non-hydrogen) atoms. The summed E-state index contributed by atoms with van der Waals surface area (Å²) in [5.41, 5.74) is 3.67. The van der Waals surface area contributed by atoms with Gasteiger partial charge < -0.3 is 29.2 Å². The third-order valence-electron chi connectivity index (χ3n) is 6.31. The van der Waals surface area contributed by atoms with Crippen LogP contribution in [0.25, 0.3) is 0 Å². The zero-order valence-electron chi connectivity index (χ0n) is 20.6. The Hall–Kier alpha value is -3.29. The van der Waals surface area contributed by atoms with Crippen molar-refractivity contribution in [2.45, 2.75) is 18.9 Å². The Morgan fingerprint density at radius 3 is 2.19 bits per heavy atom. The van der Waals surface area contributed by atoms with Crippen LogP contribution in [0.3, 0.4) is 0 Å². The van der Waals surface area contributed by atoms with Crippen LogP contribution >= 0.6 is 23.2 Å². The lowest BCUT2D eigenvalue weighted by Gasteiger charge is -2.38. The summed E-state index contributed by atoms with van der Waals surface area (Å²) in [7, 11) is 6.42. The van der Waals surface area contributed by atoms with E-state index in [9.17, 15) is 4.79 Å². The molecule has 0 saturated heterocycles. The van der Waals surface area contributed by atoms with Gasteiger partial charge in [-0.05, 0) is 72.0 Å². The normalized spacial score (nSPS) is 14.6. The Morgan fingerprint density at radius 2 is 1.53 bits per heavy atom. The average molecular weight is 531 g/mol. The lowest BCUT2D eigenvalue weighted by Crippen LogP contribution is -2.43. The third-order valence-corrected chi connectivity index (χ3v) is 7.05. The fraction of sp³-hybridized carbons (Fsp3) is 0.296. The number of methoxy groups -OCH3 is 4. The van der Waals surface area contributed by atoms with Crippen molar-refractivity contribution in [1.29, 1.82) is 0 Å². The van der Waals surface area contributed by atoms with Gasteiger partial charge in [0.15, 0.2) is 23.0 Å². The molecule has 0 spiro atoms. The Balaban J connectivity index is 1.72. The van der Waals surface area contributed by atoms with Crippen LogP contribution in [0.15, 0.2) is 48.5 Å². The number of carbonyl (C=O) groups is 1. The van der Waals surface area contributed by atoms with E-state index in [4.69, 9.17) is 42.1 Å². The number of hydrogen-bond donors (Lipinski definition) is 1. The van der Waals surface area contributed by atoms with Crippen LogP contribution in [0, 0.1) is 0 Å². The maximum atomic E-state index is 13.5. The number of urea groups is 1. The van der Waals surface area contributed by atoms with Crippen LogP contribution < -0.4 is 24.3 Å². The molecule has 0 saturated carbocycles. The maximum Gasteiger partial charge on any atom is 0.322 e. The predicted molar refractivity (Wildman–Crippen MR) is 141 cm³/mol. The number of hydrogen-bond acceptors (Lipinski definition) is 5. The van der Waals surface area contributed by atoms with Gasteiger partial charge in [-0.25, -0.2) is 4.79 Å². The number of benzene rings is 3. The minimum atomic E-state index is -0.269. The molecule has 190 valence electrons. The number of ether oxygens (including phenoxy) is 4. The molecular formula is C27H28Cl2N2O5. The fourth-order valence-electron chi connectivity index (χ4n) is 4.49. The second-order valence-electron chi connectivity index (χ2n) is 8.32. The number of rotatable bonds is 7. The molecule has 0 aromatic heterocycles. The minimum Gasteiger partial charge on any atom is -0.493 e. The van der Waals surface area contributed by atoms with Crippen molar-refractivity contribution in [2.24, 2.45) is 0 Å². The summed E-state index contributed by atoms with van der Waals surface area (Å²) in [5, 5.41) is 3.76. The number of carbonyl (C=O) groups excluding carboxylic acids is 1. The maximum absolute atomic E-state index is 13.5. The van der Waals surface area contributed by atoms with Crippen molar-refractivity contribution in [1.82, 2.24) is 4.90 Å². The molecule has 1 atom stereocenters. The van der Waals surface area contributed by atoms with Gasteiger partial charge in [0.25, 0.3) is 0 Å². The molecule has 4 rings (SSSR count). The highest BCUT2D eigenvalue weighted by molar-refractivity contribution is 6.42. The summed E-state index contributed by atoms with van der Waals surface area (Å²) in [6.45, 7) is 0.521. The zero-order valence-corrected chi connectivity index (χ0v) is 22.1. The van der Waals surface area contributed by atoms with Gasteiger partial charge in [-0.15, -0.1) is 0 Å². The molecule has 9 heteroatoms. The van der Waals surface area contributed by atoms with Crippen LogP contribution in [0.1, 0.15) is 22.7 Å². The largest absolute Gasteiger partial charge is 0.493 e. The van der Waals surface area contributed by atoms with Gasteiger partial charge in [-0.1, -0.05) is 29.3 Å². The second kappa shape index (κ2) is 11.2. The second-order valence-corrected chi connectivity index (χ2v) is 9.13. The lowest BCUT2D eigenvalue weighted by molar-refractivity contribution is 0.181. The van der Waals surface area contributed by atoms with Crippen LogP contribution in [0.2, 0.25) is 10.0 Å². The molecule has 0 radical (unpaired) electrons. The molecular weight excluding hydrogens is 503 g/mol. The summed E-state index contributed by atoms with van der Waals surface area (Å²) in [5.74, 6) is 2.55. The molecule has 0 aliphatic carbocycles. The number of anilines is 1. The summed E-state index contributed by atoms with van der Waals surface area (Å²) in [4.78, 5) is 15.3. The van der Waals surface area contributed by atoms with E-state index in [1.165, 1.54) is 0 Å². The van der Waals surface area contributed by atoms with Crippen molar-refractivity contribution < 1.29 is 23.7 Å². The highest BCUT2D eigenvalue weighted by atomic mass is 35.5. The van der Waals surface area contributed by atoms with Gasteiger partial charge in [0.05, 0.1) is 44.5 Å². The molecule has 2 amide bonds. The van der Waals surface area contributed by atoms with Gasteiger partial charge in [-0.2, -0.15) is 0 Å². The first-order valence-corrected chi connectivity index (χ1v) is 12.1. The van der Waals surface area contributed by atoms with E-state index in [1.807, 2.05) is 35.2 Å². The average Bonchev–Trinajstić information content (AvgIpc) is 2.89. The van der Waals surface area contributed by atoms with Crippen LogP contribution in [-0.4, -0.2) is 45.9 Å². The Bertz CT molecular complexity index is 1270. The van der Waals surface area contributed by atoms with Crippen LogP contribution in [0.5, 0.6) is 23.0 Å².